The summed E-state index contributed by atoms with van der Waals surface area (Å²) in [7, 11) is 0.299. The van der Waals surface area contributed by atoms with Crippen LogP contribution < -0.4 is 5.32 Å². The van der Waals surface area contributed by atoms with Crippen molar-refractivity contribution in [1.82, 2.24) is 14.2 Å². The predicted molar refractivity (Wildman–Crippen MR) is 104 cm³/mol. The molecule has 8 heteroatoms. The van der Waals surface area contributed by atoms with Crippen molar-refractivity contribution >= 4 is 21.7 Å². The van der Waals surface area contributed by atoms with E-state index in [-0.39, 0.29) is 11.2 Å². The predicted octanol–water partition coefficient (Wildman–Crippen LogP) is 1.50. The van der Waals surface area contributed by atoms with Crippen molar-refractivity contribution in [3.63, 3.8) is 0 Å². The largest absolute Gasteiger partial charge is 0.369 e. The molecule has 3 aliphatic rings. The minimum Gasteiger partial charge on any atom is -0.369 e. The lowest BCUT2D eigenvalue weighted by molar-refractivity contribution is 0.0828. The molecule has 1 N–H and O–H groups in total. The Bertz CT molecular complexity index is 845. The Balaban J connectivity index is 1.60. The van der Waals surface area contributed by atoms with Gasteiger partial charge in [0.25, 0.3) is 5.91 Å². The van der Waals surface area contributed by atoms with Crippen LogP contribution in [0.4, 0.5) is 5.82 Å². The fourth-order valence-electron chi connectivity index (χ4n) is 3.55. The number of carbonyl (C=O) groups is 1. The summed E-state index contributed by atoms with van der Waals surface area (Å²) < 4.78 is 26.8. The van der Waals surface area contributed by atoms with Crippen molar-refractivity contribution in [2.24, 2.45) is 5.92 Å². The molecule has 1 aromatic heterocycles. The molecule has 2 aliphatic carbocycles. The lowest BCUT2D eigenvalue weighted by Gasteiger charge is -2.19. The first kappa shape index (κ1) is 18.7. The van der Waals surface area contributed by atoms with Crippen molar-refractivity contribution < 1.29 is 13.2 Å². The summed E-state index contributed by atoms with van der Waals surface area (Å²) >= 11 is 0. The highest BCUT2D eigenvalue weighted by molar-refractivity contribution is 7.90. The lowest BCUT2D eigenvalue weighted by atomic mass is 10.0. The second-order valence-electron chi connectivity index (χ2n) is 8.16. The van der Waals surface area contributed by atoms with Gasteiger partial charge in [-0.25, -0.2) is 17.7 Å². The Morgan fingerprint density at radius 3 is 2.56 bits per heavy atom. The minimum atomic E-state index is -3.18. The molecule has 0 spiro atoms. The fourth-order valence-corrected chi connectivity index (χ4v) is 5.39. The van der Waals surface area contributed by atoms with Crippen LogP contribution in [0.3, 0.4) is 0 Å². The van der Waals surface area contributed by atoms with Crippen LogP contribution in [0, 0.1) is 5.92 Å². The first-order valence-electron chi connectivity index (χ1n) is 9.83. The standard InChI is InChI=1S/C19H28N4O3S/c1-22(2)19(24)16-11-14-7-9-23(27(25,26)15-5-6-15)10-8-17(14)21-18(16)20-12-13-3-4-13/h11,13,15H,3-10,12H2,1-2H3,(H,20,21). The van der Waals surface area contributed by atoms with E-state index in [1.165, 1.54) is 12.8 Å². The van der Waals surface area contributed by atoms with Gasteiger partial charge in [-0.3, -0.25) is 4.79 Å². The van der Waals surface area contributed by atoms with Gasteiger partial charge >= 0.3 is 0 Å². The van der Waals surface area contributed by atoms with E-state index in [9.17, 15) is 13.2 Å². The second kappa shape index (κ2) is 7.05. The topological polar surface area (TPSA) is 82.6 Å². The fraction of sp³-hybridized carbons (Fsp3) is 0.684. The van der Waals surface area contributed by atoms with Gasteiger partial charge in [-0.05, 0) is 49.7 Å². The minimum absolute atomic E-state index is 0.0738. The zero-order valence-electron chi connectivity index (χ0n) is 16.1. The van der Waals surface area contributed by atoms with Crippen LogP contribution >= 0.6 is 0 Å². The third-order valence-corrected chi connectivity index (χ3v) is 8.02. The molecule has 0 atom stereocenters. The molecule has 0 bridgehead atoms. The number of rotatable bonds is 6. The van der Waals surface area contributed by atoms with Gasteiger partial charge in [-0.1, -0.05) is 0 Å². The van der Waals surface area contributed by atoms with Crippen LogP contribution in [0.5, 0.6) is 0 Å². The summed E-state index contributed by atoms with van der Waals surface area (Å²) in [5, 5.41) is 3.17. The Kier molecular flexibility index (Phi) is 4.88. The highest BCUT2D eigenvalue weighted by Crippen LogP contribution is 2.33. The SMILES string of the molecule is CN(C)C(=O)c1cc2c(nc1NCC1CC1)CCN(S(=O)(=O)C1CC1)CC2. The molecule has 1 aromatic rings. The molecule has 2 heterocycles. The van der Waals surface area contributed by atoms with E-state index in [0.29, 0.717) is 43.2 Å². The molecule has 1 aliphatic heterocycles. The van der Waals surface area contributed by atoms with Gasteiger partial charge in [0.2, 0.25) is 10.0 Å². The molecule has 7 nitrogen and oxygen atoms in total. The van der Waals surface area contributed by atoms with Gasteiger partial charge in [0, 0.05) is 45.8 Å². The molecule has 27 heavy (non-hydrogen) atoms. The van der Waals surface area contributed by atoms with E-state index < -0.39 is 10.0 Å². The number of hydrogen-bond donors (Lipinski definition) is 1. The number of pyridine rings is 1. The van der Waals surface area contributed by atoms with Gasteiger partial charge in [0.05, 0.1) is 10.8 Å². The monoisotopic (exact) mass is 392 g/mol. The van der Waals surface area contributed by atoms with Crippen LogP contribution in [0.15, 0.2) is 6.07 Å². The number of fused-ring (bicyclic) bond motifs is 1. The molecular formula is C19H28N4O3S. The Morgan fingerprint density at radius 2 is 1.93 bits per heavy atom. The zero-order chi connectivity index (χ0) is 19.2. The summed E-state index contributed by atoms with van der Waals surface area (Å²) in [6.45, 7) is 1.78. The van der Waals surface area contributed by atoms with Gasteiger partial charge in [0.1, 0.15) is 5.82 Å². The van der Waals surface area contributed by atoms with E-state index in [1.807, 2.05) is 6.07 Å². The second-order valence-corrected chi connectivity index (χ2v) is 10.4. The van der Waals surface area contributed by atoms with Crippen molar-refractivity contribution in [3.8, 4) is 0 Å². The maximum atomic E-state index is 12.7. The van der Waals surface area contributed by atoms with E-state index >= 15 is 0 Å². The van der Waals surface area contributed by atoms with E-state index in [2.05, 4.69) is 5.32 Å². The van der Waals surface area contributed by atoms with Crippen LogP contribution in [0.1, 0.15) is 47.3 Å². The summed E-state index contributed by atoms with van der Waals surface area (Å²) in [6, 6.07) is 1.92. The Morgan fingerprint density at radius 1 is 1.22 bits per heavy atom. The number of carbonyl (C=O) groups excluding carboxylic acids is 1. The lowest BCUT2D eigenvalue weighted by Crippen LogP contribution is -2.35. The van der Waals surface area contributed by atoms with Crippen LogP contribution in [-0.4, -0.2) is 67.5 Å². The molecule has 4 rings (SSSR count). The van der Waals surface area contributed by atoms with Gasteiger partial charge in [-0.15, -0.1) is 0 Å². The molecule has 0 aromatic carbocycles. The first-order valence-corrected chi connectivity index (χ1v) is 11.3. The zero-order valence-corrected chi connectivity index (χ0v) is 16.9. The van der Waals surface area contributed by atoms with Crippen LogP contribution in [-0.2, 0) is 22.9 Å². The summed E-state index contributed by atoms with van der Waals surface area (Å²) in [4.78, 5) is 19.0. The number of anilines is 1. The third kappa shape index (κ3) is 3.96. The molecule has 0 saturated heterocycles. The maximum Gasteiger partial charge on any atom is 0.257 e. The molecule has 0 unspecified atom stereocenters. The number of aromatic nitrogens is 1. The van der Waals surface area contributed by atoms with E-state index in [1.54, 1.807) is 23.3 Å². The van der Waals surface area contributed by atoms with Gasteiger partial charge in [0.15, 0.2) is 0 Å². The normalized spacial score (nSPS) is 20.7. The van der Waals surface area contributed by atoms with Crippen molar-refractivity contribution in [3.05, 3.63) is 22.9 Å². The smallest absolute Gasteiger partial charge is 0.257 e. The van der Waals surface area contributed by atoms with E-state index in [4.69, 9.17) is 4.98 Å². The third-order valence-electron chi connectivity index (χ3n) is 5.62. The Labute approximate surface area is 161 Å². The molecule has 2 fully saturated rings. The Hall–Kier alpha value is -1.67. The van der Waals surface area contributed by atoms with Crippen LogP contribution in [0.25, 0.3) is 0 Å². The van der Waals surface area contributed by atoms with Crippen molar-refractivity contribution in [2.45, 2.75) is 43.8 Å². The quantitative estimate of drug-likeness (QED) is 0.793. The van der Waals surface area contributed by atoms with Gasteiger partial charge < -0.3 is 10.2 Å². The molecule has 0 radical (unpaired) electrons. The van der Waals surface area contributed by atoms with Gasteiger partial charge in [-0.2, -0.15) is 0 Å². The van der Waals surface area contributed by atoms with Crippen molar-refractivity contribution in [1.29, 1.82) is 0 Å². The molecule has 2 saturated carbocycles. The average Bonchev–Trinajstić information content (AvgIpc) is 3.50. The molecule has 148 valence electrons. The number of nitrogens with one attached hydrogen (secondary N) is 1. The maximum absolute atomic E-state index is 12.7. The molecule has 1 amide bonds. The highest BCUT2D eigenvalue weighted by Gasteiger charge is 2.40. The number of nitrogens with zero attached hydrogens (tertiary/aromatic N) is 3. The number of hydrogen-bond acceptors (Lipinski definition) is 5. The van der Waals surface area contributed by atoms with E-state index in [0.717, 1.165) is 30.6 Å². The van der Waals surface area contributed by atoms with Crippen LogP contribution in [0.2, 0.25) is 0 Å². The summed E-state index contributed by atoms with van der Waals surface area (Å²) in [6.07, 6.45) is 5.20. The number of amides is 1. The summed E-state index contributed by atoms with van der Waals surface area (Å²) in [5.74, 6) is 1.24. The highest BCUT2D eigenvalue weighted by atomic mass is 32.2. The average molecular weight is 393 g/mol. The van der Waals surface area contributed by atoms with Crippen molar-refractivity contribution in [2.75, 3.05) is 39.0 Å². The first-order chi connectivity index (χ1) is 12.9. The number of sulfonamides is 1. The summed E-state index contributed by atoms with van der Waals surface area (Å²) in [5.41, 5.74) is 2.49. The molecular weight excluding hydrogens is 364 g/mol.